The second-order valence-electron chi connectivity index (χ2n) is 7.42. The average Bonchev–Trinajstić information content (AvgIpc) is 3.08. The lowest BCUT2D eigenvalue weighted by atomic mass is 9.95. The van der Waals surface area contributed by atoms with Gasteiger partial charge in [-0.1, -0.05) is 35.2 Å². The minimum absolute atomic E-state index is 0.0214. The summed E-state index contributed by atoms with van der Waals surface area (Å²) in [6.07, 6.45) is 6.15. The van der Waals surface area contributed by atoms with E-state index in [1.807, 2.05) is 24.3 Å². The molecule has 28 heavy (non-hydrogen) atoms. The molecule has 8 heteroatoms. The number of rotatable bonds is 3. The smallest absolute Gasteiger partial charge is 0.356 e. The number of carbonyl (C=O) groups is 2. The Morgan fingerprint density at radius 1 is 1.14 bits per heavy atom. The van der Waals surface area contributed by atoms with Crippen molar-refractivity contribution in [2.75, 3.05) is 6.54 Å². The SMILES string of the molecule is O=C(O)c1nn(-c2ccc(Br)cc2)c2c1CN(C(=O)NC1CCCCC1)CC2. The summed E-state index contributed by atoms with van der Waals surface area (Å²) < 4.78 is 2.64. The van der Waals surface area contributed by atoms with E-state index in [2.05, 4.69) is 26.3 Å². The Morgan fingerprint density at radius 3 is 2.54 bits per heavy atom. The van der Waals surface area contributed by atoms with E-state index >= 15 is 0 Å². The summed E-state index contributed by atoms with van der Waals surface area (Å²) in [5.41, 5.74) is 2.32. The monoisotopic (exact) mass is 446 g/mol. The highest BCUT2D eigenvalue weighted by Gasteiger charge is 2.31. The predicted octanol–water partition coefficient (Wildman–Crippen LogP) is 3.73. The van der Waals surface area contributed by atoms with Gasteiger partial charge in [0, 0.05) is 29.0 Å². The van der Waals surface area contributed by atoms with E-state index in [0.717, 1.165) is 41.5 Å². The number of carboxylic acid groups (broad SMARTS) is 1. The van der Waals surface area contributed by atoms with Crippen molar-refractivity contribution in [2.45, 2.75) is 51.1 Å². The molecule has 0 saturated heterocycles. The first-order chi connectivity index (χ1) is 13.5. The van der Waals surface area contributed by atoms with Gasteiger partial charge < -0.3 is 15.3 Å². The second kappa shape index (κ2) is 7.95. The van der Waals surface area contributed by atoms with Gasteiger partial charge in [-0.15, -0.1) is 0 Å². The molecule has 0 spiro atoms. The molecule has 1 aromatic heterocycles. The number of fused-ring (bicyclic) bond motifs is 1. The molecule has 7 nitrogen and oxygen atoms in total. The van der Waals surface area contributed by atoms with E-state index in [4.69, 9.17) is 0 Å². The standard InChI is InChI=1S/C20H23BrN4O3/c21-13-6-8-15(9-7-13)25-17-10-11-24(12-16(17)18(23-25)19(26)27)20(28)22-14-4-2-1-3-5-14/h6-9,14H,1-5,10-12H2,(H,22,28)(H,26,27). The Morgan fingerprint density at radius 2 is 1.86 bits per heavy atom. The van der Waals surface area contributed by atoms with Gasteiger partial charge >= 0.3 is 12.0 Å². The Balaban J connectivity index is 1.58. The predicted molar refractivity (Wildman–Crippen MR) is 108 cm³/mol. The molecular formula is C20H23BrN4O3. The van der Waals surface area contributed by atoms with Gasteiger partial charge in [-0.3, -0.25) is 0 Å². The van der Waals surface area contributed by atoms with E-state index < -0.39 is 5.97 Å². The molecule has 148 valence electrons. The summed E-state index contributed by atoms with van der Waals surface area (Å²) in [7, 11) is 0. The average molecular weight is 447 g/mol. The first-order valence-electron chi connectivity index (χ1n) is 9.68. The van der Waals surface area contributed by atoms with E-state index in [1.54, 1.807) is 9.58 Å². The van der Waals surface area contributed by atoms with Crippen LogP contribution in [0.5, 0.6) is 0 Å². The summed E-state index contributed by atoms with van der Waals surface area (Å²) >= 11 is 3.41. The van der Waals surface area contributed by atoms with Crippen LogP contribution in [0.3, 0.4) is 0 Å². The van der Waals surface area contributed by atoms with Crippen LogP contribution >= 0.6 is 15.9 Å². The van der Waals surface area contributed by atoms with Crippen LogP contribution in [0.25, 0.3) is 5.69 Å². The van der Waals surface area contributed by atoms with E-state index in [9.17, 15) is 14.7 Å². The summed E-state index contributed by atoms with van der Waals surface area (Å²) in [6, 6.07) is 7.71. The molecule has 1 aliphatic heterocycles. The number of aromatic carboxylic acids is 1. The normalized spacial score (nSPS) is 17.2. The molecule has 1 fully saturated rings. The van der Waals surface area contributed by atoms with Gasteiger partial charge in [0.25, 0.3) is 0 Å². The van der Waals surface area contributed by atoms with E-state index in [-0.39, 0.29) is 24.3 Å². The highest BCUT2D eigenvalue weighted by molar-refractivity contribution is 9.10. The highest BCUT2D eigenvalue weighted by atomic mass is 79.9. The van der Waals surface area contributed by atoms with Crippen LogP contribution in [-0.2, 0) is 13.0 Å². The number of hydrogen-bond donors (Lipinski definition) is 2. The van der Waals surface area contributed by atoms with Crippen LogP contribution in [0.1, 0.15) is 53.8 Å². The maximum Gasteiger partial charge on any atom is 0.356 e. The summed E-state index contributed by atoms with van der Waals surface area (Å²) in [5.74, 6) is -1.07. The van der Waals surface area contributed by atoms with Crippen LogP contribution in [0.2, 0.25) is 0 Å². The number of hydrogen-bond acceptors (Lipinski definition) is 3. The number of nitrogens with zero attached hydrogens (tertiary/aromatic N) is 3. The molecule has 1 saturated carbocycles. The lowest BCUT2D eigenvalue weighted by Gasteiger charge is -2.31. The van der Waals surface area contributed by atoms with Crippen LogP contribution in [-0.4, -0.2) is 44.4 Å². The molecule has 0 bridgehead atoms. The third kappa shape index (κ3) is 3.78. The second-order valence-corrected chi connectivity index (χ2v) is 8.34. The number of halogens is 1. The fraction of sp³-hybridized carbons (Fsp3) is 0.450. The van der Waals surface area contributed by atoms with Gasteiger partial charge in [0.05, 0.1) is 17.9 Å². The zero-order valence-corrected chi connectivity index (χ0v) is 17.1. The minimum atomic E-state index is -1.07. The third-order valence-corrected chi connectivity index (χ3v) is 6.08. The lowest BCUT2D eigenvalue weighted by molar-refractivity contribution is 0.0687. The van der Waals surface area contributed by atoms with Crippen molar-refractivity contribution >= 4 is 27.9 Å². The fourth-order valence-corrected chi connectivity index (χ4v) is 4.34. The molecule has 2 aromatic rings. The minimum Gasteiger partial charge on any atom is -0.476 e. The van der Waals surface area contributed by atoms with Crippen molar-refractivity contribution in [3.8, 4) is 5.69 Å². The largest absolute Gasteiger partial charge is 0.476 e. The van der Waals surface area contributed by atoms with E-state index in [1.165, 1.54) is 6.42 Å². The Kier molecular flexibility index (Phi) is 5.39. The summed E-state index contributed by atoms with van der Waals surface area (Å²) in [5, 5.41) is 17.1. The van der Waals surface area contributed by atoms with Gasteiger partial charge in [-0.05, 0) is 37.1 Å². The van der Waals surface area contributed by atoms with Crippen molar-refractivity contribution in [3.63, 3.8) is 0 Å². The quantitative estimate of drug-likeness (QED) is 0.751. The molecule has 0 atom stereocenters. The molecule has 2 aliphatic rings. The molecule has 1 aromatic carbocycles. The fourth-order valence-electron chi connectivity index (χ4n) is 4.07. The molecular weight excluding hydrogens is 424 g/mol. The van der Waals surface area contributed by atoms with Crippen LogP contribution in [0.15, 0.2) is 28.7 Å². The Labute approximate surface area is 171 Å². The number of carbonyl (C=O) groups excluding carboxylic acids is 1. The number of urea groups is 1. The zero-order chi connectivity index (χ0) is 19.7. The number of nitrogens with one attached hydrogen (secondary N) is 1. The van der Waals surface area contributed by atoms with Crippen molar-refractivity contribution in [2.24, 2.45) is 0 Å². The molecule has 2 amide bonds. The third-order valence-electron chi connectivity index (χ3n) is 5.55. The van der Waals surface area contributed by atoms with Crippen molar-refractivity contribution in [3.05, 3.63) is 45.7 Å². The van der Waals surface area contributed by atoms with Gasteiger partial charge in [0.15, 0.2) is 5.69 Å². The Hall–Kier alpha value is -2.35. The topological polar surface area (TPSA) is 87.5 Å². The molecule has 2 heterocycles. The van der Waals surface area contributed by atoms with Gasteiger partial charge in [0.2, 0.25) is 0 Å². The molecule has 0 unspecified atom stereocenters. The van der Waals surface area contributed by atoms with Gasteiger partial charge in [0.1, 0.15) is 0 Å². The van der Waals surface area contributed by atoms with E-state index in [0.29, 0.717) is 18.5 Å². The van der Waals surface area contributed by atoms with Gasteiger partial charge in [-0.25, -0.2) is 14.3 Å². The van der Waals surface area contributed by atoms with Crippen molar-refractivity contribution < 1.29 is 14.7 Å². The first kappa shape index (κ1) is 19.0. The number of amides is 2. The number of benzene rings is 1. The number of carboxylic acids is 1. The highest BCUT2D eigenvalue weighted by Crippen LogP contribution is 2.27. The number of aromatic nitrogens is 2. The molecule has 2 N–H and O–H groups in total. The molecule has 0 radical (unpaired) electrons. The zero-order valence-electron chi connectivity index (χ0n) is 15.5. The van der Waals surface area contributed by atoms with Crippen LogP contribution in [0, 0.1) is 0 Å². The van der Waals surface area contributed by atoms with Crippen molar-refractivity contribution in [1.82, 2.24) is 20.0 Å². The van der Waals surface area contributed by atoms with Crippen molar-refractivity contribution in [1.29, 1.82) is 0 Å². The van der Waals surface area contributed by atoms with Crippen LogP contribution in [0.4, 0.5) is 4.79 Å². The maximum atomic E-state index is 12.7. The lowest BCUT2D eigenvalue weighted by Crippen LogP contribution is -2.47. The molecule has 4 rings (SSSR count). The van der Waals surface area contributed by atoms with Gasteiger partial charge in [-0.2, -0.15) is 5.10 Å². The summed E-state index contributed by atoms with van der Waals surface area (Å²) in [4.78, 5) is 26.2. The maximum absolute atomic E-state index is 12.7. The van der Waals surface area contributed by atoms with Crippen LogP contribution < -0.4 is 5.32 Å². The molecule has 1 aliphatic carbocycles. The summed E-state index contributed by atoms with van der Waals surface area (Å²) in [6.45, 7) is 0.818. The Bertz CT molecular complexity index is 888. The first-order valence-corrected chi connectivity index (χ1v) is 10.5.